The Balaban J connectivity index is 2.32. The summed E-state index contributed by atoms with van der Waals surface area (Å²) in [5.41, 5.74) is -0.186. The van der Waals surface area contributed by atoms with Crippen LogP contribution in [0.3, 0.4) is 0 Å². The molecule has 0 amide bonds. The molecule has 1 aromatic carbocycles. The summed E-state index contributed by atoms with van der Waals surface area (Å²) >= 11 is 0. The van der Waals surface area contributed by atoms with E-state index < -0.39 is 21.4 Å². The highest BCUT2D eigenvalue weighted by Crippen LogP contribution is 2.48. The molecule has 1 saturated carbocycles. The molecule has 0 bridgehead atoms. The molecule has 1 aliphatic rings. The molecule has 0 heterocycles. The van der Waals surface area contributed by atoms with Crippen molar-refractivity contribution in [2.24, 2.45) is 0 Å². The van der Waals surface area contributed by atoms with E-state index in [0.717, 1.165) is 4.47 Å². The molecule has 0 unspecified atom stereocenters. The van der Waals surface area contributed by atoms with Gasteiger partial charge in [0.1, 0.15) is 0 Å². The average Bonchev–Trinajstić information content (AvgIpc) is 3.19. The van der Waals surface area contributed by atoms with Gasteiger partial charge < -0.3 is 5.11 Å². The van der Waals surface area contributed by atoms with Gasteiger partial charge in [0.15, 0.2) is 0 Å². The number of sulfonamides is 1. The van der Waals surface area contributed by atoms with Crippen LogP contribution in [0.15, 0.2) is 29.2 Å². The van der Waals surface area contributed by atoms with Gasteiger partial charge in [0.25, 0.3) is 10.0 Å². The number of hydrogen-bond donors (Lipinski definition) is 1. The molecule has 1 N–H and O–H groups in total. The zero-order valence-corrected chi connectivity index (χ0v) is 11.5. The van der Waals surface area contributed by atoms with Crippen molar-refractivity contribution in [3.05, 3.63) is 29.8 Å². The quantitative estimate of drug-likeness (QED) is 0.815. The molecule has 0 aliphatic heterocycles. The Bertz CT molecular complexity index is 589. The Kier molecular flexibility index (Phi) is 3.38. The highest BCUT2D eigenvalue weighted by Gasteiger charge is 2.51. The van der Waals surface area contributed by atoms with Gasteiger partial charge in [-0.15, -0.1) is 0 Å². The van der Waals surface area contributed by atoms with Gasteiger partial charge in [0, 0.05) is 7.05 Å². The Morgan fingerprint density at radius 3 is 2.21 bits per heavy atom. The van der Waals surface area contributed by atoms with E-state index in [0.29, 0.717) is 18.4 Å². The predicted molar refractivity (Wildman–Crippen MR) is 66.9 cm³/mol. The summed E-state index contributed by atoms with van der Waals surface area (Å²) in [5, 5.41) is 9.17. The molecule has 0 aromatic heterocycles. The minimum atomic E-state index is -3.69. The fourth-order valence-electron chi connectivity index (χ4n) is 1.94. The molecule has 104 valence electrons. The molecule has 2 rings (SSSR count). The second kappa shape index (κ2) is 4.59. The zero-order valence-electron chi connectivity index (χ0n) is 10.7. The highest BCUT2D eigenvalue weighted by molar-refractivity contribution is 7.89. The van der Waals surface area contributed by atoms with Crippen LogP contribution in [0.1, 0.15) is 18.4 Å². The number of nitrogens with zero attached hydrogens (tertiary/aromatic N) is 1. The summed E-state index contributed by atoms with van der Waals surface area (Å²) in [5.74, 6) is -0.864. The third-order valence-corrected chi connectivity index (χ3v) is 5.15. The van der Waals surface area contributed by atoms with Gasteiger partial charge in [-0.2, -0.15) is 0 Å². The molecule has 0 radical (unpaired) electrons. The number of carbonyl (C=O) groups is 1. The van der Waals surface area contributed by atoms with E-state index in [9.17, 15) is 13.2 Å². The number of carboxylic acid groups (broad SMARTS) is 1. The van der Waals surface area contributed by atoms with Gasteiger partial charge in [-0.3, -0.25) is 9.63 Å². The molecule has 1 fully saturated rings. The van der Waals surface area contributed by atoms with Crippen molar-refractivity contribution in [3.63, 3.8) is 0 Å². The van der Waals surface area contributed by atoms with Gasteiger partial charge in [-0.05, 0) is 30.5 Å². The highest BCUT2D eigenvalue weighted by atomic mass is 32.2. The van der Waals surface area contributed by atoms with Crippen molar-refractivity contribution in [3.8, 4) is 0 Å². The number of rotatable bonds is 5. The molecule has 1 aromatic rings. The standard InChI is InChI=1S/C12H15NO5S/c1-13(18-2)19(16,17)10-5-3-9(4-6-10)12(7-8-12)11(14)15/h3-6H,7-8H2,1-2H3,(H,14,15). The van der Waals surface area contributed by atoms with Crippen LogP contribution in [-0.4, -0.2) is 38.1 Å². The van der Waals surface area contributed by atoms with E-state index in [4.69, 9.17) is 5.11 Å². The molecule has 19 heavy (non-hydrogen) atoms. The van der Waals surface area contributed by atoms with Gasteiger partial charge in [0.05, 0.1) is 17.4 Å². The first-order valence-corrected chi connectivity index (χ1v) is 7.15. The predicted octanol–water partition coefficient (Wildman–Crippen LogP) is 0.985. The van der Waals surface area contributed by atoms with Crippen LogP contribution in [0.5, 0.6) is 0 Å². The smallest absolute Gasteiger partial charge is 0.314 e. The molecule has 7 heteroatoms. The second-order valence-electron chi connectivity index (χ2n) is 4.51. The largest absolute Gasteiger partial charge is 0.481 e. The Morgan fingerprint density at radius 2 is 1.84 bits per heavy atom. The fraction of sp³-hybridized carbons (Fsp3) is 0.417. The van der Waals surface area contributed by atoms with E-state index in [2.05, 4.69) is 4.84 Å². The van der Waals surface area contributed by atoms with E-state index >= 15 is 0 Å². The molecule has 1 aliphatic carbocycles. The third kappa shape index (κ3) is 2.24. The van der Waals surface area contributed by atoms with Crippen molar-refractivity contribution in [1.82, 2.24) is 4.47 Å². The van der Waals surface area contributed by atoms with Crippen molar-refractivity contribution >= 4 is 16.0 Å². The first-order chi connectivity index (χ1) is 8.84. The Morgan fingerprint density at radius 1 is 1.32 bits per heavy atom. The van der Waals surface area contributed by atoms with Crippen LogP contribution in [0.25, 0.3) is 0 Å². The number of benzene rings is 1. The second-order valence-corrected chi connectivity index (χ2v) is 6.44. The maximum atomic E-state index is 12.0. The number of hydroxylamine groups is 1. The van der Waals surface area contributed by atoms with Crippen LogP contribution in [0.4, 0.5) is 0 Å². The lowest BCUT2D eigenvalue weighted by molar-refractivity contribution is -0.140. The average molecular weight is 285 g/mol. The molecule has 0 saturated heterocycles. The fourth-order valence-corrected chi connectivity index (χ4v) is 2.92. The van der Waals surface area contributed by atoms with Gasteiger partial charge in [-0.1, -0.05) is 16.6 Å². The van der Waals surface area contributed by atoms with Crippen LogP contribution in [0.2, 0.25) is 0 Å². The molecular formula is C12H15NO5S. The summed E-state index contributed by atoms with van der Waals surface area (Å²) in [7, 11) is -1.13. The van der Waals surface area contributed by atoms with Crippen LogP contribution in [-0.2, 0) is 25.1 Å². The summed E-state index contributed by atoms with van der Waals surface area (Å²) in [6.07, 6.45) is 1.18. The monoisotopic (exact) mass is 285 g/mol. The lowest BCUT2D eigenvalue weighted by Gasteiger charge is -2.15. The molecule has 6 nitrogen and oxygen atoms in total. The molecule has 0 atom stereocenters. The topological polar surface area (TPSA) is 83.9 Å². The van der Waals surface area contributed by atoms with Gasteiger partial charge in [-0.25, -0.2) is 8.42 Å². The van der Waals surface area contributed by atoms with E-state index in [1.807, 2.05) is 0 Å². The maximum absolute atomic E-state index is 12.0. The Hall–Kier alpha value is -1.44. The van der Waals surface area contributed by atoms with Crippen LogP contribution >= 0.6 is 0 Å². The lowest BCUT2D eigenvalue weighted by Crippen LogP contribution is -2.26. The third-order valence-electron chi connectivity index (χ3n) is 3.46. The normalized spacial score (nSPS) is 17.4. The number of hydrogen-bond acceptors (Lipinski definition) is 4. The Labute approximate surface area is 111 Å². The van der Waals surface area contributed by atoms with Crippen LogP contribution < -0.4 is 0 Å². The summed E-state index contributed by atoms with van der Waals surface area (Å²) in [6, 6.07) is 5.92. The van der Waals surface area contributed by atoms with E-state index in [-0.39, 0.29) is 4.90 Å². The minimum Gasteiger partial charge on any atom is -0.481 e. The van der Waals surface area contributed by atoms with Crippen molar-refractivity contribution in [1.29, 1.82) is 0 Å². The van der Waals surface area contributed by atoms with Crippen molar-refractivity contribution < 1.29 is 23.2 Å². The first-order valence-electron chi connectivity index (χ1n) is 5.71. The van der Waals surface area contributed by atoms with E-state index in [1.54, 1.807) is 12.1 Å². The first kappa shape index (κ1) is 14.0. The summed E-state index contributed by atoms with van der Waals surface area (Å²) < 4.78 is 24.7. The zero-order chi connectivity index (χ0) is 14.3. The van der Waals surface area contributed by atoms with Crippen LogP contribution in [0, 0.1) is 0 Å². The van der Waals surface area contributed by atoms with Gasteiger partial charge in [0.2, 0.25) is 0 Å². The summed E-state index contributed by atoms with van der Waals surface area (Å²) in [6.45, 7) is 0. The molecular weight excluding hydrogens is 270 g/mol. The SMILES string of the molecule is CON(C)S(=O)(=O)c1ccc(C2(C(=O)O)CC2)cc1. The lowest BCUT2D eigenvalue weighted by atomic mass is 9.96. The van der Waals surface area contributed by atoms with Gasteiger partial charge >= 0.3 is 5.97 Å². The van der Waals surface area contributed by atoms with E-state index in [1.165, 1.54) is 26.3 Å². The number of carboxylic acids is 1. The molecule has 0 spiro atoms. The summed E-state index contributed by atoms with van der Waals surface area (Å²) in [4.78, 5) is 15.9. The maximum Gasteiger partial charge on any atom is 0.314 e. The number of aliphatic carboxylic acids is 1. The minimum absolute atomic E-state index is 0.0711. The van der Waals surface area contributed by atoms with Crippen molar-refractivity contribution in [2.45, 2.75) is 23.2 Å². The van der Waals surface area contributed by atoms with Crippen molar-refractivity contribution in [2.75, 3.05) is 14.2 Å².